The Morgan fingerprint density at radius 3 is 1.60 bits per heavy atom. The van der Waals surface area contributed by atoms with Crippen LogP contribution in [-0.4, -0.2) is 6.04 Å². The third-order valence-corrected chi connectivity index (χ3v) is 14.6. The summed E-state index contributed by atoms with van der Waals surface area (Å²) in [5, 5.41) is 4.89. The summed E-state index contributed by atoms with van der Waals surface area (Å²) >= 11 is 0. The number of anilines is 7. The van der Waals surface area contributed by atoms with Crippen molar-refractivity contribution in [2.24, 2.45) is 0 Å². The summed E-state index contributed by atoms with van der Waals surface area (Å²) in [7, 11) is 0. The lowest BCUT2D eigenvalue weighted by Gasteiger charge is -2.54. The van der Waals surface area contributed by atoms with Crippen molar-refractivity contribution in [1.82, 2.24) is 0 Å². The Morgan fingerprint density at radius 2 is 0.969 bits per heavy atom. The van der Waals surface area contributed by atoms with E-state index in [0.29, 0.717) is 0 Å². The molecule has 1 aliphatic carbocycles. The van der Waals surface area contributed by atoms with E-state index >= 15 is 0 Å². The standard InChI is InChI=1S/C62H51N3/c1-61(2)52-29-15-16-30-58(52)65-59-38-35-45(39-53(59)62(3,4)55-41-49(40-54(61)60(55)65)63(46-23-7-5-8-24-46)47-25-9-6-10-26-47)42-33-36-48(37-34-42)64(56-31-17-21-43-19-11-13-27-50(43)56)57-32-18-22-44-20-12-14-28-51(44)57/h5-39,41,49H,40H2,1-4H3. The van der Waals surface area contributed by atoms with E-state index in [0.717, 1.165) is 23.5 Å². The number of fused-ring (bicyclic) bond motifs is 6. The first kappa shape index (κ1) is 39.0. The molecule has 2 aliphatic heterocycles. The van der Waals surface area contributed by atoms with Crippen molar-refractivity contribution in [3.8, 4) is 11.1 Å². The van der Waals surface area contributed by atoms with Crippen molar-refractivity contribution in [3.63, 3.8) is 0 Å². The minimum absolute atomic E-state index is 0.114. The molecule has 3 aliphatic rings. The molecule has 65 heavy (non-hydrogen) atoms. The summed E-state index contributed by atoms with van der Waals surface area (Å²) in [6.07, 6.45) is 3.53. The average molecular weight is 838 g/mol. The maximum absolute atomic E-state index is 2.61. The molecule has 0 bridgehead atoms. The number of allylic oxidation sites excluding steroid dienone is 1. The predicted octanol–water partition coefficient (Wildman–Crippen LogP) is 16.6. The smallest absolute Gasteiger partial charge is 0.0567 e. The zero-order chi connectivity index (χ0) is 43.9. The maximum atomic E-state index is 2.61. The molecule has 12 rings (SSSR count). The minimum Gasteiger partial charge on any atom is -0.334 e. The highest BCUT2D eigenvalue weighted by Gasteiger charge is 2.50. The molecule has 1 atom stereocenters. The molecule has 0 amide bonds. The van der Waals surface area contributed by atoms with Gasteiger partial charge in [0.2, 0.25) is 0 Å². The van der Waals surface area contributed by atoms with Gasteiger partial charge in [0.1, 0.15) is 0 Å². The lowest BCUT2D eigenvalue weighted by Crippen LogP contribution is -2.47. The molecular weight excluding hydrogens is 787 g/mol. The van der Waals surface area contributed by atoms with Gasteiger partial charge in [0.05, 0.1) is 34.5 Å². The SMILES string of the molecule is CC1(C)C2=CC(N(c3ccccc3)c3ccccc3)CC3=C2N(c2ccc(-c4ccc(N(c5cccc6ccccc56)c5cccc6ccccc56)cc4)cc21)c1ccccc1C3(C)C. The highest BCUT2D eigenvalue weighted by molar-refractivity contribution is 6.05. The topological polar surface area (TPSA) is 9.72 Å². The summed E-state index contributed by atoms with van der Waals surface area (Å²) in [5.41, 5.74) is 17.3. The van der Waals surface area contributed by atoms with Crippen LogP contribution in [0.1, 0.15) is 45.2 Å². The van der Waals surface area contributed by atoms with Gasteiger partial charge in [-0.05, 0) is 117 Å². The largest absolute Gasteiger partial charge is 0.334 e. The predicted molar refractivity (Wildman–Crippen MR) is 275 cm³/mol. The van der Waals surface area contributed by atoms with Gasteiger partial charge in [-0.1, -0.05) is 179 Å². The number of rotatable bonds is 7. The monoisotopic (exact) mass is 837 g/mol. The van der Waals surface area contributed by atoms with E-state index < -0.39 is 0 Å². The van der Waals surface area contributed by atoms with Gasteiger partial charge in [0, 0.05) is 38.7 Å². The Hall–Kier alpha value is -7.62. The van der Waals surface area contributed by atoms with Crippen LogP contribution in [0.3, 0.4) is 0 Å². The second-order valence-corrected chi connectivity index (χ2v) is 18.9. The first-order valence-corrected chi connectivity index (χ1v) is 23.0. The van der Waals surface area contributed by atoms with Gasteiger partial charge in [-0.3, -0.25) is 0 Å². The van der Waals surface area contributed by atoms with Crippen LogP contribution in [0, 0.1) is 0 Å². The molecule has 0 spiro atoms. The second-order valence-electron chi connectivity index (χ2n) is 18.9. The fraction of sp³-hybridized carbons (Fsp3) is 0.129. The molecule has 1 unspecified atom stereocenters. The molecule has 9 aromatic carbocycles. The Balaban J connectivity index is 1.00. The zero-order valence-electron chi connectivity index (χ0n) is 37.4. The summed E-state index contributed by atoms with van der Waals surface area (Å²) in [6, 6.07) is 78.2. The van der Waals surface area contributed by atoms with Crippen molar-refractivity contribution in [3.05, 3.63) is 246 Å². The second kappa shape index (κ2) is 15.0. The average Bonchev–Trinajstić information content (AvgIpc) is 3.35. The zero-order valence-corrected chi connectivity index (χ0v) is 37.4. The van der Waals surface area contributed by atoms with Gasteiger partial charge >= 0.3 is 0 Å². The van der Waals surface area contributed by atoms with Crippen LogP contribution in [0.4, 0.5) is 39.8 Å². The summed E-state index contributed by atoms with van der Waals surface area (Å²) in [5.74, 6) is 0. The van der Waals surface area contributed by atoms with Gasteiger partial charge in [0.15, 0.2) is 0 Å². The summed E-state index contributed by atoms with van der Waals surface area (Å²) < 4.78 is 0. The highest BCUT2D eigenvalue weighted by Crippen LogP contribution is 2.61. The van der Waals surface area contributed by atoms with E-state index in [2.05, 4.69) is 261 Å². The van der Waals surface area contributed by atoms with Crippen LogP contribution in [0.2, 0.25) is 0 Å². The summed E-state index contributed by atoms with van der Waals surface area (Å²) in [4.78, 5) is 7.60. The maximum Gasteiger partial charge on any atom is 0.0567 e. The van der Waals surface area contributed by atoms with Crippen LogP contribution in [0.15, 0.2) is 235 Å². The quantitative estimate of drug-likeness (QED) is 0.158. The van der Waals surface area contributed by atoms with Crippen LogP contribution in [-0.2, 0) is 10.8 Å². The molecule has 9 aromatic rings. The summed E-state index contributed by atoms with van der Waals surface area (Å²) in [6.45, 7) is 9.78. The minimum atomic E-state index is -0.290. The van der Waals surface area contributed by atoms with E-state index in [-0.39, 0.29) is 16.9 Å². The molecule has 0 radical (unpaired) electrons. The molecule has 0 N–H and O–H groups in total. The lowest BCUT2D eigenvalue weighted by molar-refractivity contribution is 0.514. The molecule has 3 nitrogen and oxygen atoms in total. The van der Waals surface area contributed by atoms with E-state index in [4.69, 9.17) is 0 Å². The molecule has 0 saturated carbocycles. The molecule has 0 saturated heterocycles. The number of hydrogen-bond acceptors (Lipinski definition) is 3. The molecule has 0 aromatic heterocycles. The van der Waals surface area contributed by atoms with E-state index in [1.807, 2.05) is 0 Å². The lowest BCUT2D eigenvalue weighted by atomic mass is 9.62. The van der Waals surface area contributed by atoms with Crippen LogP contribution in [0.5, 0.6) is 0 Å². The van der Waals surface area contributed by atoms with Gasteiger partial charge < -0.3 is 14.7 Å². The highest BCUT2D eigenvalue weighted by atomic mass is 15.2. The van der Waals surface area contributed by atoms with Crippen LogP contribution >= 0.6 is 0 Å². The van der Waals surface area contributed by atoms with Gasteiger partial charge in [-0.25, -0.2) is 0 Å². The van der Waals surface area contributed by atoms with Crippen LogP contribution in [0.25, 0.3) is 32.7 Å². The van der Waals surface area contributed by atoms with Crippen molar-refractivity contribution < 1.29 is 0 Å². The van der Waals surface area contributed by atoms with E-state index in [9.17, 15) is 0 Å². The third kappa shape index (κ3) is 6.17. The first-order chi connectivity index (χ1) is 31.8. The van der Waals surface area contributed by atoms with Crippen molar-refractivity contribution in [1.29, 1.82) is 0 Å². The Bertz CT molecular complexity index is 3230. The van der Waals surface area contributed by atoms with Crippen molar-refractivity contribution in [2.75, 3.05) is 14.7 Å². The number of hydrogen-bond donors (Lipinski definition) is 0. The van der Waals surface area contributed by atoms with E-state index in [1.54, 1.807) is 0 Å². The Kier molecular flexibility index (Phi) is 9.00. The fourth-order valence-corrected chi connectivity index (χ4v) is 11.3. The molecule has 314 valence electrons. The van der Waals surface area contributed by atoms with Crippen molar-refractivity contribution >= 4 is 61.4 Å². The fourth-order valence-electron chi connectivity index (χ4n) is 11.3. The Labute approximate surface area is 382 Å². The third-order valence-electron chi connectivity index (χ3n) is 14.6. The molecule has 0 fully saturated rings. The van der Waals surface area contributed by atoms with Crippen molar-refractivity contribution in [2.45, 2.75) is 51.0 Å². The van der Waals surface area contributed by atoms with Gasteiger partial charge in [-0.2, -0.15) is 0 Å². The van der Waals surface area contributed by atoms with Crippen LogP contribution < -0.4 is 14.7 Å². The number of nitrogens with zero attached hydrogens (tertiary/aromatic N) is 3. The van der Waals surface area contributed by atoms with E-state index in [1.165, 1.54) is 83.4 Å². The molecule has 3 heteroatoms. The first-order valence-electron chi connectivity index (χ1n) is 23.0. The van der Waals surface area contributed by atoms with Gasteiger partial charge in [-0.15, -0.1) is 0 Å². The number of benzene rings is 9. The number of para-hydroxylation sites is 3. The Morgan fingerprint density at radius 1 is 0.446 bits per heavy atom. The molecule has 2 heterocycles. The normalized spacial score (nSPS) is 16.6. The molecular formula is C62H51N3. The van der Waals surface area contributed by atoms with Gasteiger partial charge in [0.25, 0.3) is 0 Å².